The maximum Gasteiger partial charge on any atom is 0.226 e. The molecule has 2 atom stereocenters. The molecule has 0 radical (unpaired) electrons. The number of allylic oxidation sites excluding steroid dienone is 2. The van der Waals surface area contributed by atoms with Crippen molar-refractivity contribution in [1.29, 1.82) is 0 Å². The van der Waals surface area contributed by atoms with Gasteiger partial charge in [0.15, 0.2) is 0 Å². The number of benzene rings is 2. The summed E-state index contributed by atoms with van der Waals surface area (Å²) in [6.07, 6.45) is 13.3. The summed E-state index contributed by atoms with van der Waals surface area (Å²) in [5.41, 5.74) is 1.31. The van der Waals surface area contributed by atoms with Crippen molar-refractivity contribution < 1.29 is 14.6 Å². The van der Waals surface area contributed by atoms with E-state index in [4.69, 9.17) is 27.9 Å². The molecule has 0 saturated carbocycles. The smallest absolute Gasteiger partial charge is 0.226 e. The van der Waals surface area contributed by atoms with Gasteiger partial charge in [0.1, 0.15) is 5.75 Å². The van der Waals surface area contributed by atoms with Crippen molar-refractivity contribution in [2.24, 2.45) is 5.92 Å². The van der Waals surface area contributed by atoms with Crippen molar-refractivity contribution >= 4 is 41.5 Å². The van der Waals surface area contributed by atoms with Crippen LogP contribution in [0.25, 0.3) is 0 Å². The van der Waals surface area contributed by atoms with Crippen LogP contribution in [0.15, 0.2) is 66.8 Å². The number of aliphatic hydroxyl groups is 1. The minimum Gasteiger partial charge on any atom is -0.491 e. The van der Waals surface area contributed by atoms with Crippen LogP contribution in [-0.4, -0.2) is 65.7 Å². The number of β-amino-alcohol motifs (C(OH)–C–C–N with tert-alkyl or cyclic N) is 1. The maximum atomic E-state index is 13.3. The van der Waals surface area contributed by atoms with E-state index in [2.05, 4.69) is 4.90 Å². The fraction of sp³-hybridized carbons (Fsp3) is 0.500. The lowest BCUT2D eigenvalue weighted by Crippen LogP contribution is -2.45. The van der Waals surface area contributed by atoms with Crippen molar-refractivity contribution in [3.8, 4) is 5.75 Å². The fourth-order valence-corrected chi connectivity index (χ4v) is 6.21. The standard InChI is InChI=1S/C34H44Cl2N2O3.ClH/c1-25(2)41-30-9-7-8-27(20-30)21-33(39)37(3)23-29(28-12-13-31(35)32(36)22-28)11-10-26-14-18-38(19-15-26)24-34(40)16-5-4-6-17-34;/h4-9,12-13,16,20,22,25-26,29,40H,10-11,14-15,17-19,21,23-24H2,1-3H3;1H. The zero-order valence-electron chi connectivity index (χ0n) is 25.0. The predicted molar refractivity (Wildman–Crippen MR) is 176 cm³/mol. The van der Waals surface area contributed by atoms with Crippen molar-refractivity contribution in [1.82, 2.24) is 9.80 Å². The molecule has 1 fully saturated rings. The van der Waals surface area contributed by atoms with Crippen LogP contribution in [0.1, 0.15) is 63.0 Å². The summed E-state index contributed by atoms with van der Waals surface area (Å²) >= 11 is 12.6. The van der Waals surface area contributed by atoms with Crippen molar-refractivity contribution in [3.63, 3.8) is 0 Å². The van der Waals surface area contributed by atoms with Gasteiger partial charge in [0.2, 0.25) is 5.91 Å². The third-order valence-electron chi connectivity index (χ3n) is 8.21. The Morgan fingerprint density at radius 1 is 1.12 bits per heavy atom. The van der Waals surface area contributed by atoms with E-state index in [1.54, 1.807) is 0 Å². The van der Waals surface area contributed by atoms with Gasteiger partial charge in [-0.15, -0.1) is 12.4 Å². The number of hydrogen-bond acceptors (Lipinski definition) is 4. The molecule has 1 aliphatic heterocycles. The molecule has 230 valence electrons. The zero-order valence-corrected chi connectivity index (χ0v) is 27.3. The van der Waals surface area contributed by atoms with Crippen LogP contribution in [0.4, 0.5) is 0 Å². The highest BCUT2D eigenvalue weighted by atomic mass is 35.5. The van der Waals surface area contributed by atoms with E-state index >= 15 is 0 Å². The minimum atomic E-state index is -0.750. The molecule has 2 aromatic carbocycles. The molecular formula is C34H45Cl3N2O3. The molecule has 1 heterocycles. The number of likely N-dealkylation sites (tertiary alicyclic amines) is 1. The van der Waals surface area contributed by atoms with Crippen LogP contribution in [0.2, 0.25) is 10.0 Å². The topological polar surface area (TPSA) is 53.0 Å². The van der Waals surface area contributed by atoms with E-state index in [-0.39, 0.29) is 30.3 Å². The molecule has 1 saturated heterocycles. The summed E-state index contributed by atoms with van der Waals surface area (Å²) in [4.78, 5) is 17.5. The van der Waals surface area contributed by atoms with E-state index in [1.807, 2.05) is 92.6 Å². The van der Waals surface area contributed by atoms with Gasteiger partial charge in [-0.1, -0.05) is 65.7 Å². The van der Waals surface area contributed by atoms with Crippen molar-refractivity contribution in [2.75, 3.05) is 33.2 Å². The van der Waals surface area contributed by atoms with Gasteiger partial charge in [-0.05, 0) is 100 Å². The summed E-state index contributed by atoms with van der Waals surface area (Å²) < 4.78 is 5.81. The molecule has 2 unspecified atom stereocenters. The first kappa shape index (κ1) is 34.5. The van der Waals surface area contributed by atoms with E-state index in [1.165, 1.54) is 0 Å². The van der Waals surface area contributed by atoms with Gasteiger partial charge < -0.3 is 19.6 Å². The Kier molecular flexibility index (Phi) is 13.3. The largest absolute Gasteiger partial charge is 0.491 e. The molecule has 1 N–H and O–H groups in total. The summed E-state index contributed by atoms with van der Waals surface area (Å²) in [7, 11) is 1.89. The van der Waals surface area contributed by atoms with Gasteiger partial charge >= 0.3 is 0 Å². The van der Waals surface area contributed by atoms with Gasteiger partial charge in [-0.3, -0.25) is 4.79 Å². The molecule has 1 amide bonds. The summed E-state index contributed by atoms with van der Waals surface area (Å²) in [6.45, 7) is 7.29. The molecule has 0 spiro atoms. The fourth-order valence-electron chi connectivity index (χ4n) is 5.90. The van der Waals surface area contributed by atoms with Crippen molar-refractivity contribution in [2.45, 2.75) is 70.0 Å². The first-order valence-corrected chi connectivity index (χ1v) is 15.6. The zero-order chi connectivity index (χ0) is 29.4. The minimum absolute atomic E-state index is 0. The number of carbonyl (C=O) groups is 1. The van der Waals surface area contributed by atoms with Crippen LogP contribution >= 0.6 is 35.6 Å². The first-order valence-electron chi connectivity index (χ1n) is 14.8. The van der Waals surface area contributed by atoms with Crippen LogP contribution in [0.3, 0.4) is 0 Å². The Hall–Kier alpha value is -2.02. The van der Waals surface area contributed by atoms with Crippen LogP contribution in [0.5, 0.6) is 5.75 Å². The highest BCUT2D eigenvalue weighted by molar-refractivity contribution is 6.42. The molecule has 42 heavy (non-hydrogen) atoms. The van der Waals surface area contributed by atoms with Gasteiger partial charge in [-0.2, -0.15) is 0 Å². The Morgan fingerprint density at radius 3 is 2.55 bits per heavy atom. The van der Waals surface area contributed by atoms with Gasteiger partial charge in [0.25, 0.3) is 0 Å². The van der Waals surface area contributed by atoms with Gasteiger partial charge in [0, 0.05) is 26.1 Å². The second-order valence-electron chi connectivity index (χ2n) is 12.0. The highest BCUT2D eigenvalue weighted by Crippen LogP contribution is 2.33. The number of halogens is 3. The number of carbonyl (C=O) groups excluding carboxylic acids is 1. The molecule has 2 aromatic rings. The van der Waals surface area contributed by atoms with Crippen LogP contribution in [0, 0.1) is 5.92 Å². The summed E-state index contributed by atoms with van der Waals surface area (Å²) in [5.74, 6) is 1.65. The second kappa shape index (κ2) is 16.2. The molecule has 2 aliphatic rings. The summed E-state index contributed by atoms with van der Waals surface area (Å²) in [6, 6.07) is 13.6. The second-order valence-corrected chi connectivity index (χ2v) is 12.8. The van der Waals surface area contributed by atoms with Gasteiger partial charge in [0.05, 0.1) is 28.2 Å². The molecule has 0 aromatic heterocycles. The SMILES string of the molecule is CC(C)Oc1cccc(CC(=O)N(C)CC(CCC2CCN(CC3(O)C=CC=CC3)CC2)c2ccc(Cl)c(Cl)c2)c1.Cl. The quantitative estimate of drug-likeness (QED) is 0.259. The molecule has 5 nitrogen and oxygen atoms in total. The third kappa shape index (κ3) is 10.3. The number of ether oxygens (including phenoxy) is 1. The first-order chi connectivity index (χ1) is 19.6. The van der Waals surface area contributed by atoms with Crippen LogP contribution < -0.4 is 4.74 Å². The van der Waals surface area contributed by atoms with E-state index in [0.717, 1.165) is 55.6 Å². The molecule has 0 bridgehead atoms. The lowest BCUT2D eigenvalue weighted by atomic mass is 9.85. The Bertz CT molecular complexity index is 1230. The van der Waals surface area contributed by atoms with E-state index < -0.39 is 5.60 Å². The van der Waals surface area contributed by atoms with Crippen molar-refractivity contribution in [3.05, 3.63) is 87.9 Å². The van der Waals surface area contributed by atoms with E-state index in [0.29, 0.717) is 41.9 Å². The number of piperidine rings is 1. The lowest BCUT2D eigenvalue weighted by molar-refractivity contribution is -0.129. The summed E-state index contributed by atoms with van der Waals surface area (Å²) in [5, 5.41) is 12.0. The molecule has 1 aliphatic carbocycles. The molecule has 4 rings (SSSR count). The average Bonchev–Trinajstić information content (AvgIpc) is 2.93. The Labute approximate surface area is 267 Å². The van der Waals surface area contributed by atoms with E-state index in [9.17, 15) is 9.90 Å². The Balaban J connectivity index is 0.00000484. The highest BCUT2D eigenvalue weighted by Gasteiger charge is 2.29. The van der Waals surface area contributed by atoms with Gasteiger partial charge in [-0.25, -0.2) is 0 Å². The number of nitrogens with zero attached hydrogens (tertiary/aromatic N) is 2. The molecule has 8 heteroatoms. The number of amides is 1. The number of rotatable bonds is 12. The predicted octanol–water partition coefficient (Wildman–Crippen LogP) is 7.73. The Morgan fingerprint density at radius 2 is 1.88 bits per heavy atom. The maximum absolute atomic E-state index is 13.3. The average molecular weight is 636 g/mol. The number of hydrogen-bond donors (Lipinski definition) is 1. The number of likely N-dealkylation sites (N-methyl/N-ethyl adjacent to an activating group) is 1. The third-order valence-corrected chi connectivity index (χ3v) is 8.95. The lowest BCUT2D eigenvalue weighted by Gasteiger charge is -2.37. The monoisotopic (exact) mass is 634 g/mol. The van der Waals surface area contributed by atoms with Crippen LogP contribution in [-0.2, 0) is 11.2 Å². The normalized spacial score (nSPS) is 19.9. The molecular weight excluding hydrogens is 591 g/mol.